The summed E-state index contributed by atoms with van der Waals surface area (Å²) in [5.41, 5.74) is 2.28. The van der Waals surface area contributed by atoms with Gasteiger partial charge in [-0.2, -0.15) is 0 Å². The van der Waals surface area contributed by atoms with Crippen molar-refractivity contribution in [3.8, 4) is 22.8 Å². The molecule has 0 spiro atoms. The zero-order valence-corrected chi connectivity index (χ0v) is 19.2. The number of anilines is 1. The van der Waals surface area contributed by atoms with Gasteiger partial charge < -0.3 is 19.9 Å². The van der Waals surface area contributed by atoms with E-state index in [-0.39, 0.29) is 24.1 Å². The summed E-state index contributed by atoms with van der Waals surface area (Å²) < 4.78 is 20.6. The third-order valence-electron chi connectivity index (χ3n) is 5.22. The predicted molar refractivity (Wildman–Crippen MR) is 129 cm³/mol. The lowest BCUT2D eigenvalue weighted by molar-refractivity contribution is -0.125. The van der Waals surface area contributed by atoms with E-state index in [1.165, 1.54) is 19.1 Å². The molecule has 0 aliphatic carbocycles. The first-order chi connectivity index (χ1) is 16.9. The second kappa shape index (κ2) is 10.6. The zero-order chi connectivity index (χ0) is 24.8. The number of amides is 2. The van der Waals surface area contributed by atoms with E-state index in [9.17, 15) is 14.0 Å². The molecule has 2 aromatic carbocycles. The molecular formula is C26H24FN5O3. The van der Waals surface area contributed by atoms with Crippen molar-refractivity contribution in [1.82, 2.24) is 19.9 Å². The smallest absolute Gasteiger partial charge is 0.248 e. The maximum atomic E-state index is 13.1. The molecule has 0 unspecified atom stereocenters. The van der Waals surface area contributed by atoms with E-state index in [0.717, 1.165) is 11.3 Å². The van der Waals surface area contributed by atoms with E-state index < -0.39 is 6.04 Å². The normalized spacial score (nSPS) is 11.5. The quantitative estimate of drug-likeness (QED) is 0.402. The number of hydrogen-bond donors (Lipinski definition) is 2. The van der Waals surface area contributed by atoms with E-state index in [1.54, 1.807) is 53.5 Å². The molecule has 178 valence electrons. The van der Waals surface area contributed by atoms with Gasteiger partial charge >= 0.3 is 0 Å². The fraction of sp³-hybridized carbons (Fsp3) is 0.154. The van der Waals surface area contributed by atoms with Gasteiger partial charge in [0.1, 0.15) is 29.2 Å². The molecule has 0 aliphatic heterocycles. The number of rotatable bonds is 8. The number of imidazole rings is 1. The SMILES string of the molecule is CC(=O)N[C@@H](Cc1cncn1C)C(=O)Nc1cccc(-c2ccc(Oc3ccc(F)cc3)cc2)n1. The standard InChI is InChI=1S/C26H24FN5O3/c1-17(33)29-24(14-20-15-28-16-32(20)2)26(34)31-25-5-3-4-23(30-25)18-6-10-21(11-7-18)35-22-12-8-19(27)9-13-22/h3-13,15-16,24H,14H2,1-2H3,(H,29,33)(H,30,31,34)/t24-/m0/s1. The van der Waals surface area contributed by atoms with Crippen LogP contribution in [0.1, 0.15) is 12.6 Å². The van der Waals surface area contributed by atoms with Crippen LogP contribution in [0.15, 0.2) is 79.3 Å². The van der Waals surface area contributed by atoms with Crippen molar-refractivity contribution < 1.29 is 18.7 Å². The Kier molecular flexibility index (Phi) is 7.15. The van der Waals surface area contributed by atoms with Gasteiger partial charge in [0, 0.05) is 37.8 Å². The Morgan fingerprint density at radius 1 is 1.03 bits per heavy atom. The van der Waals surface area contributed by atoms with Gasteiger partial charge in [-0.05, 0) is 60.7 Å². The molecule has 2 aromatic heterocycles. The number of benzene rings is 2. The van der Waals surface area contributed by atoms with Gasteiger partial charge in [-0.1, -0.05) is 6.07 Å². The number of carbonyl (C=O) groups is 2. The van der Waals surface area contributed by atoms with Crippen molar-refractivity contribution in [3.05, 3.63) is 90.8 Å². The zero-order valence-electron chi connectivity index (χ0n) is 19.2. The third kappa shape index (κ3) is 6.29. The molecule has 0 saturated heterocycles. The maximum absolute atomic E-state index is 13.1. The summed E-state index contributed by atoms with van der Waals surface area (Å²) in [6.07, 6.45) is 3.58. The lowest BCUT2D eigenvalue weighted by Gasteiger charge is -2.17. The summed E-state index contributed by atoms with van der Waals surface area (Å²) in [7, 11) is 1.83. The Labute approximate surface area is 201 Å². The Bertz CT molecular complexity index is 1320. The van der Waals surface area contributed by atoms with Crippen molar-refractivity contribution in [2.24, 2.45) is 7.05 Å². The summed E-state index contributed by atoms with van der Waals surface area (Å²) in [6, 6.07) is 17.5. The number of ether oxygens (including phenoxy) is 1. The molecule has 35 heavy (non-hydrogen) atoms. The van der Waals surface area contributed by atoms with Crippen LogP contribution in [0.3, 0.4) is 0 Å². The van der Waals surface area contributed by atoms with Crippen molar-refractivity contribution in [1.29, 1.82) is 0 Å². The van der Waals surface area contributed by atoms with Crippen LogP contribution in [-0.4, -0.2) is 32.4 Å². The van der Waals surface area contributed by atoms with Crippen LogP contribution in [0.2, 0.25) is 0 Å². The van der Waals surface area contributed by atoms with Crippen LogP contribution in [0.4, 0.5) is 10.2 Å². The number of nitrogens with one attached hydrogen (secondary N) is 2. The Morgan fingerprint density at radius 2 is 1.71 bits per heavy atom. The van der Waals surface area contributed by atoms with Crippen molar-refractivity contribution >= 4 is 17.6 Å². The third-order valence-corrected chi connectivity index (χ3v) is 5.22. The highest BCUT2D eigenvalue weighted by molar-refractivity contribution is 5.96. The first-order valence-electron chi connectivity index (χ1n) is 10.9. The molecule has 8 nitrogen and oxygen atoms in total. The second-order valence-corrected chi connectivity index (χ2v) is 7.93. The topological polar surface area (TPSA) is 98.1 Å². The minimum Gasteiger partial charge on any atom is -0.457 e. The lowest BCUT2D eigenvalue weighted by Crippen LogP contribution is -2.44. The molecule has 0 radical (unpaired) electrons. The number of carbonyl (C=O) groups excluding carboxylic acids is 2. The van der Waals surface area contributed by atoms with Gasteiger partial charge in [-0.25, -0.2) is 14.4 Å². The van der Waals surface area contributed by atoms with Gasteiger partial charge in [0.05, 0.1) is 12.0 Å². The van der Waals surface area contributed by atoms with Gasteiger partial charge in [-0.3, -0.25) is 9.59 Å². The molecule has 4 aromatic rings. The van der Waals surface area contributed by atoms with Crippen molar-refractivity contribution in [2.45, 2.75) is 19.4 Å². The number of aryl methyl sites for hydroxylation is 1. The minimum atomic E-state index is -0.781. The molecule has 9 heteroatoms. The minimum absolute atomic E-state index is 0.289. The molecule has 0 fully saturated rings. The van der Waals surface area contributed by atoms with E-state index in [4.69, 9.17) is 4.74 Å². The van der Waals surface area contributed by atoms with E-state index in [0.29, 0.717) is 23.0 Å². The molecule has 0 bridgehead atoms. The Balaban J connectivity index is 1.45. The predicted octanol–water partition coefficient (Wildman–Crippen LogP) is 4.10. The number of halogens is 1. The van der Waals surface area contributed by atoms with E-state index >= 15 is 0 Å². The van der Waals surface area contributed by atoms with Crippen LogP contribution < -0.4 is 15.4 Å². The van der Waals surface area contributed by atoms with Gasteiger partial charge in [0.2, 0.25) is 11.8 Å². The first-order valence-corrected chi connectivity index (χ1v) is 10.9. The summed E-state index contributed by atoms with van der Waals surface area (Å²) >= 11 is 0. The highest BCUT2D eigenvalue weighted by atomic mass is 19.1. The Morgan fingerprint density at radius 3 is 2.34 bits per heavy atom. The summed E-state index contributed by atoms with van der Waals surface area (Å²) in [5, 5.41) is 5.47. The molecule has 2 amide bonds. The monoisotopic (exact) mass is 473 g/mol. The van der Waals surface area contributed by atoms with Gasteiger partial charge in [-0.15, -0.1) is 0 Å². The summed E-state index contributed by atoms with van der Waals surface area (Å²) in [5.74, 6) is 0.469. The highest BCUT2D eigenvalue weighted by Gasteiger charge is 2.22. The number of hydrogen-bond acceptors (Lipinski definition) is 5. The van der Waals surface area contributed by atoms with E-state index in [1.807, 2.05) is 25.2 Å². The maximum Gasteiger partial charge on any atom is 0.248 e. The fourth-order valence-electron chi connectivity index (χ4n) is 3.46. The largest absolute Gasteiger partial charge is 0.457 e. The lowest BCUT2D eigenvalue weighted by atomic mass is 10.1. The Hall–Kier alpha value is -4.53. The number of aromatic nitrogens is 3. The highest BCUT2D eigenvalue weighted by Crippen LogP contribution is 2.26. The average molecular weight is 474 g/mol. The fourth-order valence-corrected chi connectivity index (χ4v) is 3.46. The van der Waals surface area contributed by atoms with Crippen LogP contribution in [0.25, 0.3) is 11.3 Å². The van der Waals surface area contributed by atoms with E-state index in [2.05, 4.69) is 20.6 Å². The second-order valence-electron chi connectivity index (χ2n) is 7.93. The summed E-state index contributed by atoms with van der Waals surface area (Å²) in [4.78, 5) is 33.2. The number of pyridine rings is 1. The molecule has 2 heterocycles. The van der Waals surface area contributed by atoms with Crippen molar-refractivity contribution in [2.75, 3.05) is 5.32 Å². The van der Waals surface area contributed by atoms with Gasteiger partial charge in [0.15, 0.2) is 0 Å². The molecule has 0 saturated carbocycles. The molecule has 0 aliphatic rings. The van der Waals surface area contributed by atoms with Gasteiger partial charge in [0.25, 0.3) is 0 Å². The number of nitrogens with zero attached hydrogens (tertiary/aromatic N) is 3. The first kappa shape index (κ1) is 23.6. The molecule has 1 atom stereocenters. The van der Waals surface area contributed by atoms with Crippen LogP contribution >= 0.6 is 0 Å². The summed E-state index contributed by atoms with van der Waals surface area (Å²) in [6.45, 7) is 1.37. The molecule has 2 N–H and O–H groups in total. The van der Waals surface area contributed by atoms with Crippen LogP contribution in [0, 0.1) is 5.82 Å². The van der Waals surface area contributed by atoms with Crippen molar-refractivity contribution in [3.63, 3.8) is 0 Å². The van der Waals surface area contributed by atoms with Crippen LogP contribution in [-0.2, 0) is 23.1 Å². The average Bonchev–Trinajstić information content (AvgIpc) is 3.25. The molecular weight excluding hydrogens is 449 g/mol. The molecule has 4 rings (SSSR count). The van der Waals surface area contributed by atoms with Crippen LogP contribution in [0.5, 0.6) is 11.5 Å².